The Morgan fingerprint density at radius 1 is 1.03 bits per heavy atom. The van der Waals surface area contributed by atoms with Crippen LogP contribution in [-0.4, -0.2) is 32.5 Å². The number of hydrogen-bond donors (Lipinski definition) is 3. The lowest BCUT2D eigenvalue weighted by Gasteiger charge is -2.41. The molecule has 1 heterocycles. The lowest BCUT2D eigenvalue weighted by atomic mass is 9.68. The Hall–Kier alpha value is -2.74. The van der Waals surface area contributed by atoms with Gasteiger partial charge >= 0.3 is 0 Å². The van der Waals surface area contributed by atoms with E-state index in [-0.39, 0.29) is 18.0 Å². The summed E-state index contributed by atoms with van der Waals surface area (Å²) >= 11 is 0. The molecule has 1 fully saturated rings. The van der Waals surface area contributed by atoms with E-state index in [0.717, 1.165) is 48.8 Å². The van der Waals surface area contributed by atoms with Gasteiger partial charge in [0.05, 0.1) is 0 Å². The van der Waals surface area contributed by atoms with Crippen molar-refractivity contribution < 1.29 is 8.42 Å². The molecule has 168 valence electrons. The van der Waals surface area contributed by atoms with Crippen molar-refractivity contribution >= 4 is 26.8 Å². The van der Waals surface area contributed by atoms with Crippen LogP contribution in [0.4, 0.5) is 5.82 Å². The van der Waals surface area contributed by atoms with Gasteiger partial charge in [-0.05, 0) is 42.7 Å². The van der Waals surface area contributed by atoms with Crippen molar-refractivity contribution in [3.63, 3.8) is 0 Å². The average molecular weight is 451 g/mol. The Labute approximate surface area is 190 Å². The van der Waals surface area contributed by atoms with E-state index in [9.17, 15) is 8.42 Å². The van der Waals surface area contributed by atoms with E-state index in [1.165, 1.54) is 11.6 Å². The molecule has 3 aromatic rings. The van der Waals surface area contributed by atoms with E-state index in [0.29, 0.717) is 0 Å². The van der Waals surface area contributed by atoms with Crippen LogP contribution in [0.5, 0.6) is 0 Å². The molecule has 32 heavy (non-hydrogen) atoms. The van der Waals surface area contributed by atoms with Gasteiger partial charge in [0, 0.05) is 36.1 Å². The normalized spacial score (nSPS) is 21.3. The molecule has 3 N–H and O–H groups in total. The summed E-state index contributed by atoms with van der Waals surface area (Å²) in [6.07, 6.45) is 6.67. The summed E-state index contributed by atoms with van der Waals surface area (Å²) < 4.78 is 29.8. The van der Waals surface area contributed by atoms with Gasteiger partial charge in [-0.15, -0.1) is 6.58 Å². The molecule has 2 aromatic carbocycles. The number of pyridine rings is 1. The van der Waals surface area contributed by atoms with Crippen molar-refractivity contribution in [2.24, 2.45) is 0 Å². The lowest BCUT2D eigenvalue weighted by molar-refractivity contribution is 0.272. The van der Waals surface area contributed by atoms with Crippen LogP contribution < -0.4 is 14.8 Å². The first kappa shape index (κ1) is 22.5. The second-order valence-corrected chi connectivity index (χ2v) is 9.94. The molecular formula is C25H30N4O2S. The van der Waals surface area contributed by atoms with Crippen molar-refractivity contribution in [1.29, 1.82) is 0 Å². The third-order valence-electron chi connectivity index (χ3n) is 6.34. The van der Waals surface area contributed by atoms with Crippen LogP contribution >= 0.6 is 0 Å². The summed E-state index contributed by atoms with van der Waals surface area (Å²) in [5.41, 5.74) is 1.19. The van der Waals surface area contributed by atoms with Crippen LogP contribution in [0, 0.1) is 0 Å². The molecule has 0 unspecified atom stereocenters. The molecule has 0 spiro atoms. The maximum absolute atomic E-state index is 12.2. The van der Waals surface area contributed by atoms with Crippen LogP contribution in [0.1, 0.15) is 31.2 Å². The SMILES string of the molecule is C=CCNS(=O)(=O)N[C@H]1CC[C@](CNc2nccc3ccccc23)(c2ccccc2)CC1. The molecule has 6 nitrogen and oxygen atoms in total. The Balaban J connectivity index is 1.51. The third-order valence-corrected chi connectivity index (χ3v) is 7.53. The number of nitrogens with one attached hydrogen (secondary N) is 3. The average Bonchev–Trinajstić information content (AvgIpc) is 2.83. The zero-order valence-corrected chi connectivity index (χ0v) is 18.9. The Kier molecular flexibility index (Phi) is 6.89. The Morgan fingerprint density at radius 3 is 2.50 bits per heavy atom. The largest absolute Gasteiger partial charge is 0.369 e. The van der Waals surface area contributed by atoms with Crippen LogP contribution in [0.3, 0.4) is 0 Å². The molecule has 0 aliphatic heterocycles. The minimum atomic E-state index is -3.52. The van der Waals surface area contributed by atoms with E-state index < -0.39 is 10.2 Å². The molecule has 1 aromatic heterocycles. The van der Waals surface area contributed by atoms with Gasteiger partial charge in [-0.2, -0.15) is 17.9 Å². The first-order valence-electron chi connectivity index (χ1n) is 11.0. The molecule has 1 saturated carbocycles. The number of rotatable bonds is 9. The summed E-state index contributed by atoms with van der Waals surface area (Å²) in [6.45, 7) is 4.52. The summed E-state index contributed by atoms with van der Waals surface area (Å²) in [7, 11) is -3.52. The molecule has 1 aliphatic rings. The molecule has 4 rings (SSSR count). The van der Waals surface area contributed by atoms with Gasteiger partial charge in [-0.25, -0.2) is 4.98 Å². The maximum atomic E-state index is 12.2. The van der Waals surface area contributed by atoms with E-state index in [1.807, 2.05) is 30.5 Å². The van der Waals surface area contributed by atoms with E-state index in [4.69, 9.17) is 0 Å². The zero-order valence-electron chi connectivity index (χ0n) is 18.1. The number of nitrogens with zero attached hydrogens (tertiary/aromatic N) is 1. The lowest BCUT2D eigenvalue weighted by Crippen LogP contribution is -2.48. The first-order valence-corrected chi connectivity index (χ1v) is 12.5. The van der Waals surface area contributed by atoms with Crippen molar-refractivity contribution in [3.05, 3.63) is 85.1 Å². The second kappa shape index (κ2) is 9.81. The minimum Gasteiger partial charge on any atom is -0.369 e. The minimum absolute atomic E-state index is 0.0789. The van der Waals surface area contributed by atoms with Gasteiger partial charge in [0.2, 0.25) is 0 Å². The number of benzene rings is 2. The summed E-state index contributed by atoms with van der Waals surface area (Å²) in [5, 5.41) is 5.88. The fraction of sp³-hybridized carbons (Fsp3) is 0.320. The fourth-order valence-corrected chi connectivity index (χ4v) is 5.69. The first-order chi connectivity index (χ1) is 15.5. The number of anilines is 1. The number of fused-ring (bicyclic) bond motifs is 1. The predicted octanol–water partition coefficient (Wildman–Crippen LogP) is 4.14. The smallest absolute Gasteiger partial charge is 0.277 e. The molecule has 0 radical (unpaired) electrons. The number of aromatic nitrogens is 1. The summed E-state index contributed by atoms with van der Waals surface area (Å²) in [6, 6.07) is 20.7. The summed E-state index contributed by atoms with van der Waals surface area (Å²) in [4.78, 5) is 4.59. The van der Waals surface area contributed by atoms with Gasteiger partial charge in [0.15, 0.2) is 0 Å². The van der Waals surface area contributed by atoms with Gasteiger partial charge < -0.3 is 5.32 Å². The highest BCUT2D eigenvalue weighted by molar-refractivity contribution is 7.87. The quantitative estimate of drug-likeness (QED) is 0.428. The van der Waals surface area contributed by atoms with E-state index in [1.54, 1.807) is 0 Å². The van der Waals surface area contributed by atoms with Crippen molar-refractivity contribution in [2.45, 2.75) is 37.1 Å². The highest BCUT2D eigenvalue weighted by atomic mass is 32.2. The Bertz CT molecular complexity index is 1150. The monoisotopic (exact) mass is 450 g/mol. The molecular weight excluding hydrogens is 420 g/mol. The topological polar surface area (TPSA) is 83.1 Å². The van der Waals surface area contributed by atoms with Crippen LogP contribution in [0.2, 0.25) is 0 Å². The Morgan fingerprint density at radius 2 is 1.75 bits per heavy atom. The van der Waals surface area contributed by atoms with Gasteiger partial charge in [-0.1, -0.05) is 60.7 Å². The highest BCUT2D eigenvalue weighted by Crippen LogP contribution is 2.40. The molecule has 7 heteroatoms. The van der Waals surface area contributed by atoms with Crippen molar-refractivity contribution in [1.82, 2.24) is 14.4 Å². The molecule has 1 aliphatic carbocycles. The van der Waals surface area contributed by atoms with Crippen molar-refractivity contribution in [3.8, 4) is 0 Å². The molecule has 0 amide bonds. The van der Waals surface area contributed by atoms with Gasteiger partial charge in [-0.3, -0.25) is 0 Å². The highest BCUT2D eigenvalue weighted by Gasteiger charge is 2.37. The van der Waals surface area contributed by atoms with E-state index >= 15 is 0 Å². The van der Waals surface area contributed by atoms with Gasteiger partial charge in [0.1, 0.15) is 5.82 Å². The molecule has 0 saturated heterocycles. The fourth-order valence-electron chi connectivity index (χ4n) is 4.59. The zero-order chi connectivity index (χ0) is 22.4. The predicted molar refractivity (Wildman–Crippen MR) is 131 cm³/mol. The number of hydrogen-bond acceptors (Lipinski definition) is 4. The standard InChI is InChI=1S/C25H30N4O2S/c1-2-17-28-32(30,31)29-22-12-15-25(16-13-22,21-9-4-3-5-10-21)19-27-24-23-11-7-6-8-20(23)14-18-26-24/h2-11,14,18,22,28-29H,1,12-13,15-17,19H2,(H,26,27)/t22-,25-. The third kappa shape index (κ3) is 5.18. The summed E-state index contributed by atoms with van der Waals surface area (Å²) in [5.74, 6) is 0.884. The van der Waals surface area contributed by atoms with Crippen LogP contribution in [0.15, 0.2) is 79.5 Å². The molecule has 0 atom stereocenters. The van der Waals surface area contributed by atoms with Gasteiger partial charge in [0.25, 0.3) is 10.2 Å². The second-order valence-electron chi connectivity index (χ2n) is 8.41. The van der Waals surface area contributed by atoms with Crippen LogP contribution in [0.25, 0.3) is 10.8 Å². The van der Waals surface area contributed by atoms with Crippen molar-refractivity contribution in [2.75, 3.05) is 18.4 Å². The van der Waals surface area contributed by atoms with E-state index in [2.05, 4.69) is 62.7 Å². The van der Waals surface area contributed by atoms with Crippen LogP contribution in [-0.2, 0) is 15.6 Å². The maximum Gasteiger partial charge on any atom is 0.277 e. The molecule has 0 bridgehead atoms.